The van der Waals surface area contributed by atoms with Crippen LogP contribution in [0.3, 0.4) is 0 Å². The number of pyridine rings is 1. The third kappa shape index (κ3) is 4.10. The zero-order valence-corrected chi connectivity index (χ0v) is 12.3. The maximum absolute atomic E-state index is 11.7. The molecule has 0 unspecified atom stereocenters. The number of benzene rings is 1. The predicted molar refractivity (Wildman–Crippen MR) is 81.0 cm³/mol. The van der Waals surface area contributed by atoms with E-state index >= 15 is 0 Å². The molecule has 1 aromatic carbocycles. The van der Waals surface area contributed by atoms with Crippen LogP contribution in [0.4, 0.5) is 0 Å². The zero-order chi connectivity index (χ0) is 15.2. The fourth-order valence-corrected chi connectivity index (χ4v) is 1.90. The lowest BCUT2D eigenvalue weighted by Crippen LogP contribution is -2.25. The molecule has 0 saturated heterocycles. The molecule has 1 aromatic heterocycles. The number of ether oxygens (including phenoxy) is 1. The molecule has 6 heteroatoms. The lowest BCUT2D eigenvalue weighted by molar-refractivity contribution is 0.0962. The van der Waals surface area contributed by atoms with Crippen LogP contribution in [-0.2, 0) is 6.54 Å². The van der Waals surface area contributed by atoms with Gasteiger partial charge in [0.15, 0.2) is 0 Å². The molecule has 1 amide bonds. The molecule has 1 N–H and O–H groups in total. The second-order valence-corrected chi connectivity index (χ2v) is 4.77. The minimum atomic E-state index is -0.234. The summed E-state index contributed by atoms with van der Waals surface area (Å²) < 4.78 is 6.97. The van der Waals surface area contributed by atoms with Crippen molar-refractivity contribution in [1.29, 1.82) is 0 Å². The standard InChI is InChI=1S/C15H15ClN2O3/c1-17-15(20)11-2-7-14(19)18(10-11)8-9-21-13-5-3-12(16)4-6-13/h2-7,10H,8-9H2,1H3,(H,17,20). The zero-order valence-electron chi connectivity index (χ0n) is 11.5. The Morgan fingerprint density at radius 1 is 1.24 bits per heavy atom. The smallest absolute Gasteiger partial charge is 0.252 e. The van der Waals surface area contributed by atoms with Gasteiger partial charge in [0, 0.05) is 24.3 Å². The molecule has 1 heterocycles. The van der Waals surface area contributed by atoms with E-state index in [1.807, 2.05) is 0 Å². The number of halogens is 1. The van der Waals surface area contributed by atoms with Gasteiger partial charge in [-0.3, -0.25) is 9.59 Å². The van der Waals surface area contributed by atoms with Gasteiger partial charge in [-0.2, -0.15) is 0 Å². The molecule has 0 aliphatic rings. The number of nitrogens with one attached hydrogen (secondary N) is 1. The summed E-state index contributed by atoms with van der Waals surface area (Å²) in [7, 11) is 1.54. The molecule has 21 heavy (non-hydrogen) atoms. The Morgan fingerprint density at radius 3 is 2.62 bits per heavy atom. The lowest BCUT2D eigenvalue weighted by atomic mass is 10.2. The average molecular weight is 307 g/mol. The highest BCUT2D eigenvalue weighted by Gasteiger charge is 2.05. The van der Waals surface area contributed by atoms with Gasteiger partial charge in [-0.05, 0) is 30.3 Å². The molecular weight excluding hydrogens is 292 g/mol. The third-order valence-electron chi connectivity index (χ3n) is 2.89. The van der Waals surface area contributed by atoms with Crippen molar-refractivity contribution >= 4 is 17.5 Å². The summed E-state index contributed by atoms with van der Waals surface area (Å²) in [6.45, 7) is 0.672. The first-order chi connectivity index (χ1) is 10.1. The van der Waals surface area contributed by atoms with Crippen LogP contribution in [-0.4, -0.2) is 24.1 Å². The minimum Gasteiger partial charge on any atom is -0.492 e. The second kappa shape index (κ2) is 6.95. The summed E-state index contributed by atoms with van der Waals surface area (Å²) in [6.07, 6.45) is 1.52. The summed E-state index contributed by atoms with van der Waals surface area (Å²) in [5.41, 5.74) is 0.256. The number of aromatic nitrogens is 1. The average Bonchev–Trinajstić information content (AvgIpc) is 2.50. The molecular formula is C15H15ClN2O3. The first kappa shape index (κ1) is 15.1. The van der Waals surface area contributed by atoms with Gasteiger partial charge in [0.05, 0.1) is 12.1 Å². The van der Waals surface area contributed by atoms with E-state index in [0.717, 1.165) is 0 Å². The van der Waals surface area contributed by atoms with Gasteiger partial charge in [0.2, 0.25) is 0 Å². The van der Waals surface area contributed by atoms with Crippen molar-refractivity contribution in [2.75, 3.05) is 13.7 Å². The van der Waals surface area contributed by atoms with E-state index in [1.54, 1.807) is 31.3 Å². The monoisotopic (exact) mass is 306 g/mol. The molecule has 0 saturated carbocycles. The van der Waals surface area contributed by atoms with Crippen LogP contribution in [0.5, 0.6) is 5.75 Å². The molecule has 2 aromatic rings. The molecule has 0 aliphatic carbocycles. The van der Waals surface area contributed by atoms with Crippen LogP contribution in [0.1, 0.15) is 10.4 Å². The topological polar surface area (TPSA) is 60.3 Å². The maximum Gasteiger partial charge on any atom is 0.252 e. The van der Waals surface area contributed by atoms with Crippen LogP contribution in [0.25, 0.3) is 0 Å². The SMILES string of the molecule is CNC(=O)c1ccc(=O)n(CCOc2ccc(Cl)cc2)c1. The van der Waals surface area contributed by atoms with Gasteiger partial charge in [0.1, 0.15) is 12.4 Å². The highest BCUT2D eigenvalue weighted by Crippen LogP contribution is 2.15. The van der Waals surface area contributed by atoms with Crippen LogP contribution < -0.4 is 15.6 Å². The van der Waals surface area contributed by atoms with Gasteiger partial charge in [-0.25, -0.2) is 0 Å². The Bertz CT molecular complexity index is 680. The van der Waals surface area contributed by atoms with Crippen LogP contribution in [0.2, 0.25) is 5.02 Å². The molecule has 110 valence electrons. The van der Waals surface area contributed by atoms with Crippen LogP contribution in [0.15, 0.2) is 47.4 Å². The van der Waals surface area contributed by atoms with E-state index in [1.165, 1.54) is 22.9 Å². The molecule has 0 aliphatic heterocycles. The summed E-state index contributed by atoms with van der Waals surface area (Å²) in [6, 6.07) is 9.84. The Kier molecular flexibility index (Phi) is 5.00. The predicted octanol–water partition coefficient (Wildman–Crippen LogP) is 1.94. The van der Waals surface area contributed by atoms with Crippen molar-refractivity contribution in [3.63, 3.8) is 0 Å². The number of carbonyl (C=O) groups excluding carboxylic acids is 1. The highest BCUT2D eigenvalue weighted by molar-refractivity contribution is 6.30. The fraction of sp³-hybridized carbons (Fsp3) is 0.200. The maximum atomic E-state index is 11.7. The van der Waals surface area contributed by atoms with E-state index in [2.05, 4.69) is 5.32 Å². The fourth-order valence-electron chi connectivity index (χ4n) is 1.78. The second-order valence-electron chi connectivity index (χ2n) is 4.33. The van der Waals surface area contributed by atoms with Gasteiger partial charge in [0.25, 0.3) is 11.5 Å². The summed E-state index contributed by atoms with van der Waals surface area (Å²) in [5, 5.41) is 3.15. The Labute approximate surface area is 127 Å². The lowest BCUT2D eigenvalue weighted by Gasteiger charge is -2.09. The van der Waals surface area contributed by atoms with Crippen molar-refractivity contribution in [1.82, 2.24) is 9.88 Å². The third-order valence-corrected chi connectivity index (χ3v) is 3.14. The van der Waals surface area contributed by atoms with Crippen LogP contribution >= 0.6 is 11.6 Å². The van der Waals surface area contributed by atoms with Crippen molar-refractivity contribution < 1.29 is 9.53 Å². The molecule has 5 nitrogen and oxygen atoms in total. The summed E-state index contributed by atoms with van der Waals surface area (Å²) in [5.74, 6) is 0.442. The normalized spacial score (nSPS) is 10.2. The van der Waals surface area contributed by atoms with E-state index in [9.17, 15) is 9.59 Å². The number of amides is 1. The van der Waals surface area contributed by atoms with E-state index in [4.69, 9.17) is 16.3 Å². The van der Waals surface area contributed by atoms with Crippen molar-refractivity contribution in [3.05, 3.63) is 63.5 Å². The van der Waals surface area contributed by atoms with Crippen molar-refractivity contribution in [2.24, 2.45) is 0 Å². The molecule has 2 rings (SSSR count). The van der Waals surface area contributed by atoms with E-state index in [-0.39, 0.29) is 11.5 Å². The van der Waals surface area contributed by atoms with Gasteiger partial charge < -0.3 is 14.6 Å². The number of rotatable bonds is 5. The molecule has 0 bridgehead atoms. The number of carbonyl (C=O) groups is 1. The van der Waals surface area contributed by atoms with Crippen LogP contribution in [0, 0.1) is 0 Å². The van der Waals surface area contributed by atoms with Gasteiger partial charge in [-0.15, -0.1) is 0 Å². The van der Waals surface area contributed by atoms with Gasteiger partial charge in [-0.1, -0.05) is 11.6 Å². The highest BCUT2D eigenvalue weighted by atomic mass is 35.5. The first-order valence-corrected chi connectivity index (χ1v) is 6.79. The quantitative estimate of drug-likeness (QED) is 0.918. The van der Waals surface area contributed by atoms with E-state index in [0.29, 0.717) is 29.5 Å². The molecule has 0 atom stereocenters. The number of hydrogen-bond acceptors (Lipinski definition) is 3. The molecule has 0 fully saturated rings. The number of hydrogen-bond donors (Lipinski definition) is 1. The Hall–Kier alpha value is -2.27. The largest absolute Gasteiger partial charge is 0.492 e. The Morgan fingerprint density at radius 2 is 1.95 bits per heavy atom. The Balaban J connectivity index is 2.01. The van der Waals surface area contributed by atoms with Crippen molar-refractivity contribution in [2.45, 2.75) is 6.54 Å². The molecule has 0 spiro atoms. The van der Waals surface area contributed by atoms with Gasteiger partial charge >= 0.3 is 0 Å². The summed E-state index contributed by atoms with van der Waals surface area (Å²) in [4.78, 5) is 23.3. The van der Waals surface area contributed by atoms with E-state index < -0.39 is 0 Å². The van der Waals surface area contributed by atoms with Crippen molar-refractivity contribution in [3.8, 4) is 5.75 Å². The summed E-state index contributed by atoms with van der Waals surface area (Å²) >= 11 is 5.78. The number of nitrogens with zero attached hydrogens (tertiary/aromatic N) is 1. The molecule has 0 radical (unpaired) electrons. The first-order valence-electron chi connectivity index (χ1n) is 6.41. The minimum absolute atomic E-state index is 0.178.